The maximum absolute atomic E-state index is 11.8. The molecule has 0 aliphatic rings. The van der Waals surface area contributed by atoms with E-state index < -0.39 is 0 Å². The molecule has 0 aliphatic heterocycles. The first-order valence-corrected chi connectivity index (χ1v) is 5.91. The van der Waals surface area contributed by atoms with Crippen molar-refractivity contribution in [3.05, 3.63) is 46.2 Å². The van der Waals surface area contributed by atoms with Crippen LogP contribution in [-0.2, 0) is 16.0 Å². The monoisotopic (exact) mass is 245 g/mol. The number of carbonyl (C=O) groups is 1. The molecule has 2 aromatic rings. The summed E-state index contributed by atoms with van der Waals surface area (Å²) in [5.41, 5.74) is 1.73. The molecule has 94 valence electrons. The minimum Gasteiger partial charge on any atom is -0.466 e. The summed E-state index contributed by atoms with van der Waals surface area (Å²) < 4.78 is 4.85. The lowest BCUT2D eigenvalue weighted by molar-refractivity contribution is -0.141. The van der Waals surface area contributed by atoms with Gasteiger partial charge in [-0.15, -0.1) is 0 Å². The molecule has 18 heavy (non-hydrogen) atoms. The molecule has 0 unspecified atom stereocenters. The Morgan fingerprint density at radius 1 is 1.33 bits per heavy atom. The van der Waals surface area contributed by atoms with E-state index in [1.165, 1.54) is 6.92 Å². The molecule has 4 heteroatoms. The normalized spacial score (nSPS) is 10.5. The fourth-order valence-electron chi connectivity index (χ4n) is 1.87. The molecule has 0 amide bonds. The van der Waals surface area contributed by atoms with E-state index in [0.717, 1.165) is 11.2 Å². The fraction of sp³-hybridized carbons (Fsp3) is 0.286. The van der Waals surface area contributed by atoms with E-state index in [4.69, 9.17) is 4.74 Å². The molecule has 0 bridgehead atoms. The van der Waals surface area contributed by atoms with Crippen molar-refractivity contribution in [3.63, 3.8) is 0 Å². The lowest BCUT2D eigenvalue weighted by atomic mass is 10.1. The number of ether oxygens (including phenoxy) is 1. The van der Waals surface area contributed by atoms with Crippen molar-refractivity contribution in [1.82, 2.24) is 4.98 Å². The summed E-state index contributed by atoms with van der Waals surface area (Å²) in [6, 6.07) is 9.03. The van der Waals surface area contributed by atoms with Crippen LogP contribution in [0.5, 0.6) is 0 Å². The van der Waals surface area contributed by atoms with Gasteiger partial charge in [-0.2, -0.15) is 0 Å². The Hall–Kier alpha value is -2.10. The molecule has 0 saturated heterocycles. The standard InChI is InChI=1S/C14H15NO3/c1-10(16)18-8-4-5-11-9-14(17)12-6-2-3-7-13(12)15-11/h2-3,6-7,9H,4-5,8H2,1H3,(H,15,17). The highest BCUT2D eigenvalue weighted by molar-refractivity contribution is 5.78. The minimum absolute atomic E-state index is 0.0202. The van der Waals surface area contributed by atoms with E-state index in [1.54, 1.807) is 12.1 Å². The highest BCUT2D eigenvalue weighted by Gasteiger charge is 2.01. The number of pyridine rings is 1. The van der Waals surface area contributed by atoms with Crippen LogP contribution in [-0.4, -0.2) is 17.6 Å². The summed E-state index contributed by atoms with van der Waals surface area (Å²) >= 11 is 0. The highest BCUT2D eigenvalue weighted by Crippen LogP contribution is 2.08. The molecule has 1 aromatic carbocycles. The van der Waals surface area contributed by atoms with E-state index in [-0.39, 0.29) is 11.4 Å². The second-order valence-electron chi connectivity index (χ2n) is 4.15. The molecule has 1 heterocycles. The van der Waals surface area contributed by atoms with Crippen LogP contribution in [0.4, 0.5) is 0 Å². The smallest absolute Gasteiger partial charge is 0.302 e. The van der Waals surface area contributed by atoms with Crippen LogP contribution in [0.1, 0.15) is 19.0 Å². The van der Waals surface area contributed by atoms with Crippen molar-refractivity contribution in [2.45, 2.75) is 19.8 Å². The second-order valence-corrected chi connectivity index (χ2v) is 4.15. The van der Waals surface area contributed by atoms with Gasteiger partial charge in [-0.05, 0) is 25.0 Å². The number of nitrogens with one attached hydrogen (secondary N) is 1. The minimum atomic E-state index is -0.276. The number of esters is 1. The first-order chi connectivity index (χ1) is 8.66. The third-order valence-electron chi connectivity index (χ3n) is 2.69. The van der Waals surface area contributed by atoms with Crippen LogP contribution in [0.2, 0.25) is 0 Å². The van der Waals surface area contributed by atoms with Crippen LogP contribution < -0.4 is 5.43 Å². The van der Waals surface area contributed by atoms with Gasteiger partial charge in [0.05, 0.1) is 6.61 Å². The van der Waals surface area contributed by atoms with E-state index in [1.807, 2.05) is 18.2 Å². The summed E-state index contributed by atoms with van der Waals surface area (Å²) in [6.07, 6.45) is 1.39. The summed E-state index contributed by atoms with van der Waals surface area (Å²) in [5.74, 6) is -0.276. The second kappa shape index (κ2) is 5.49. The van der Waals surface area contributed by atoms with Crippen LogP contribution >= 0.6 is 0 Å². The average Bonchev–Trinajstić information content (AvgIpc) is 2.35. The van der Waals surface area contributed by atoms with Gasteiger partial charge in [0, 0.05) is 29.6 Å². The van der Waals surface area contributed by atoms with Gasteiger partial charge in [0.1, 0.15) is 0 Å². The average molecular weight is 245 g/mol. The van der Waals surface area contributed by atoms with Crippen LogP contribution in [0.25, 0.3) is 10.9 Å². The predicted molar refractivity (Wildman–Crippen MR) is 69.5 cm³/mol. The van der Waals surface area contributed by atoms with Gasteiger partial charge < -0.3 is 9.72 Å². The highest BCUT2D eigenvalue weighted by atomic mass is 16.5. The maximum atomic E-state index is 11.8. The van der Waals surface area contributed by atoms with Gasteiger partial charge in [-0.25, -0.2) is 0 Å². The molecule has 1 N–H and O–H groups in total. The van der Waals surface area contributed by atoms with Crippen LogP contribution in [0.15, 0.2) is 35.1 Å². The molecule has 0 fully saturated rings. The Morgan fingerprint density at radius 2 is 2.11 bits per heavy atom. The zero-order valence-corrected chi connectivity index (χ0v) is 10.2. The van der Waals surface area contributed by atoms with Gasteiger partial charge in [0.2, 0.25) is 0 Å². The van der Waals surface area contributed by atoms with Crippen molar-refractivity contribution < 1.29 is 9.53 Å². The van der Waals surface area contributed by atoms with Gasteiger partial charge in [0.25, 0.3) is 0 Å². The molecule has 1 aromatic heterocycles. The quantitative estimate of drug-likeness (QED) is 0.662. The van der Waals surface area contributed by atoms with Gasteiger partial charge in [-0.3, -0.25) is 9.59 Å². The van der Waals surface area contributed by atoms with Gasteiger partial charge in [0.15, 0.2) is 5.43 Å². The zero-order chi connectivity index (χ0) is 13.0. The Morgan fingerprint density at radius 3 is 2.89 bits per heavy atom. The Labute approximate surface area is 105 Å². The summed E-state index contributed by atoms with van der Waals surface area (Å²) in [6.45, 7) is 1.77. The first-order valence-electron chi connectivity index (χ1n) is 5.91. The molecule has 0 aliphatic carbocycles. The third kappa shape index (κ3) is 2.97. The molecule has 4 nitrogen and oxygen atoms in total. The number of carbonyl (C=O) groups excluding carboxylic acids is 1. The molecule has 0 saturated carbocycles. The van der Waals surface area contributed by atoms with Gasteiger partial charge >= 0.3 is 5.97 Å². The predicted octanol–water partition coefficient (Wildman–Crippen LogP) is 2.02. The molecule has 0 radical (unpaired) electrons. The van der Waals surface area contributed by atoms with Crippen LogP contribution in [0, 0.1) is 0 Å². The van der Waals surface area contributed by atoms with Crippen molar-refractivity contribution >= 4 is 16.9 Å². The summed E-state index contributed by atoms with van der Waals surface area (Å²) in [4.78, 5) is 25.7. The van der Waals surface area contributed by atoms with E-state index in [0.29, 0.717) is 24.8 Å². The largest absolute Gasteiger partial charge is 0.466 e. The van der Waals surface area contributed by atoms with Gasteiger partial charge in [-0.1, -0.05) is 12.1 Å². The van der Waals surface area contributed by atoms with Crippen molar-refractivity contribution in [2.75, 3.05) is 6.61 Å². The Balaban J connectivity index is 2.10. The van der Waals surface area contributed by atoms with Crippen molar-refractivity contribution in [1.29, 1.82) is 0 Å². The first kappa shape index (κ1) is 12.4. The maximum Gasteiger partial charge on any atom is 0.302 e. The number of aromatic amines is 1. The number of aromatic nitrogens is 1. The summed E-state index contributed by atoms with van der Waals surface area (Å²) in [7, 11) is 0. The third-order valence-corrected chi connectivity index (χ3v) is 2.69. The van der Waals surface area contributed by atoms with Crippen LogP contribution in [0.3, 0.4) is 0 Å². The SMILES string of the molecule is CC(=O)OCCCc1cc(=O)c2ccccc2[nH]1. The number of benzene rings is 1. The number of hydrogen-bond donors (Lipinski definition) is 1. The van der Waals surface area contributed by atoms with E-state index >= 15 is 0 Å². The molecule has 2 rings (SSSR count). The lowest BCUT2D eigenvalue weighted by Crippen LogP contribution is -2.07. The Kier molecular flexibility index (Phi) is 3.77. The molecular formula is C14H15NO3. The number of fused-ring (bicyclic) bond motifs is 1. The van der Waals surface area contributed by atoms with Crippen molar-refractivity contribution in [3.8, 4) is 0 Å². The molecule has 0 atom stereocenters. The van der Waals surface area contributed by atoms with E-state index in [2.05, 4.69) is 4.98 Å². The number of H-pyrrole nitrogens is 1. The lowest BCUT2D eigenvalue weighted by Gasteiger charge is -2.04. The number of rotatable bonds is 4. The zero-order valence-electron chi connectivity index (χ0n) is 10.2. The number of hydrogen-bond acceptors (Lipinski definition) is 3. The summed E-state index contributed by atoms with van der Waals surface area (Å²) in [5, 5.41) is 0.696. The molecule has 0 spiro atoms. The van der Waals surface area contributed by atoms with Crippen molar-refractivity contribution in [2.24, 2.45) is 0 Å². The fourth-order valence-corrected chi connectivity index (χ4v) is 1.87. The number of para-hydroxylation sites is 1. The molecular weight excluding hydrogens is 230 g/mol. The van der Waals surface area contributed by atoms with E-state index in [9.17, 15) is 9.59 Å². The topological polar surface area (TPSA) is 59.2 Å². The number of aryl methyl sites for hydroxylation is 1. The Bertz CT molecular complexity index is 616.